The Labute approximate surface area is 97.9 Å². The molecule has 0 saturated carbocycles. The van der Waals surface area contributed by atoms with E-state index in [1.54, 1.807) is 5.01 Å². The summed E-state index contributed by atoms with van der Waals surface area (Å²) < 4.78 is 2.60. The summed E-state index contributed by atoms with van der Waals surface area (Å²) in [5.74, 6) is 5.87. The fourth-order valence-electron chi connectivity index (χ4n) is 2.05. The first-order valence-corrected chi connectivity index (χ1v) is 5.98. The first kappa shape index (κ1) is 9.63. The molecule has 0 aliphatic carbocycles. The van der Waals surface area contributed by atoms with Crippen molar-refractivity contribution < 1.29 is 0 Å². The number of fused-ring (bicyclic) bond motifs is 3. The van der Waals surface area contributed by atoms with Crippen LogP contribution in [0.1, 0.15) is 0 Å². The summed E-state index contributed by atoms with van der Waals surface area (Å²) in [7, 11) is 1.88. The fourth-order valence-corrected chi connectivity index (χ4v) is 3.18. The second kappa shape index (κ2) is 3.47. The van der Waals surface area contributed by atoms with Crippen LogP contribution in [0.2, 0.25) is 0 Å². The number of thiophene rings is 1. The highest BCUT2D eigenvalue weighted by atomic mass is 32.1. The monoisotopic (exact) mass is 228 g/mol. The molecule has 0 unspecified atom stereocenters. The van der Waals surface area contributed by atoms with Crippen LogP contribution in [0, 0.1) is 0 Å². The number of hydrazine groups is 1. The van der Waals surface area contributed by atoms with Crippen molar-refractivity contribution in [1.82, 2.24) is 0 Å². The van der Waals surface area contributed by atoms with Gasteiger partial charge in [0, 0.05) is 27.2 Å². The molecule has 2 aromatic carbocycles. The van der Waals surface area contributed by atoms with Crippen molar-refractivity contribution in [2.45, 2.75) is 0 Å². The fraction of sp³-hybridized carbons (Fsp3) is 0.0769. The van der Waals surface area contributed by atoms with Crippen molar-refractivity contribution in [1.29, 1.82) is 0 Å². The van der Waals surface area contributed by atoms with Crippen molar-refractivity contribution in [3.05, 3.63) is 42.5 Å². The predicted molar refractivity (Wildman–Crippen MR) is 71.9 cm³/mol. The van der Waals surface area contributed by atoms with Crippen LogP contribution in [-0.2, 0) is 0 Å². The number of nitrogens with zero attached hydrogens (tertiary/aromatic N) is 1. The Balaban J connectivity index is 2.53. The lowest BCUT2D eigenvalue weighted by Crippen LogP contribution is -2.24. The summed E-state index contributed by atoms with van der Waals surface area (Å²) >= 11 is 1.81. The highest BCUT2D eigenvalue weighted by Gasteiger charge is 2.09. The summed E-state index contributed by atoms with van der Waals surface area (Å²) in [6.07, 6.45) is 0. The largest absolute Gasteiger partial charge is 0.313 e. The molecule has 1 heterocycles. The molecule has 3 rings (SSSR count). The SMILES string of the molecule is CN(N)c1cccc2sc3ccccc3c12. The molecule has 0 atom stereocenters. The van der Waals surface area contributed by atoms with Gasteiger partial charge in [0.1, 0.15) is 0 Å². The Morgan fingerprint density at radius 3 is 2.56 bits per heavy atom. The molecular formula is C13H12N2S. The van der Waals surface area contributed by atoms with Crippen LogP contribution < -0.4 is 10.9 Å². The minimum absolute atomic E-state index is 1.08. The third kappa shape index (κ3) is 1.29. The quantitative estimate of drug-likeness (QED) is 0.511. The Kier molecular flexibility index (Phi) is 2.09. The summed E-state index contributed by atoms with van der Waals surface area (Å²) in [5.41, 5.74) is 1.08. The predicted octanol–water partition coefficient (Wildman–Crippen LogP) is 3.36. The molecule has 0 spiro atoms. The second-order valence-corrected chi connectivity index (χ2v) is 4.94. The van der Waals surface area contributed by atoms with Crippen LogP contribution in [0.5, 0.6) is 0 Å². The topological polar surface area (TPSA) is 29.3 Å². The number of anilines is 1. The zero-order valence-electron chi connectivity index (χ0n) is 8.97. The normalized spacial score (nSPS) is 11.1. The minimum Gasteiger partial charge on any atom is -0.313 e. The molecular weight excluding hydrogens is 216 g/mol. The lowest BCUT2D eigenvalue weighted by Gasteiger charge is -2.13. The summed E-state index contributed by atoms with van der Waals surface area (Å²) in [6.45, 7) is 0. The molecule has 0 bridgehead atoms. The molecule has 0 saturated heterocycles. The zero-order chi connectivity index (χ0) is 11.1. The van der Waals surface area contributed by atoms with Crippen LogP contribution in [0.4, 0.5) is 5.69 Å². The van der Waals surface area contributed by atoms with Crippen molar-refractivity contribution in [3.63, 3.8) is 0 Å². The van der Waals surface area contributed by atoms with E-state index < -0.39 is 0 Å². The first-order valence-electron chi connectivity index (χ1n) is 5.16. The molecule has 16 heavy (non-hydrogen) atoms. The molecule has 3 aromatic rings. The third-order valence-corrected chi connectivity index (χ3v) is 3.90. The van der Waals surface area contributed by atoms with Crippen LogP contribution in [-0.4, -0.2) is 7.05 Å². The molecule has 0 aliphatic heterocycles. The van der Waals surface area contributed by atoms with E-state index in [1.807, 2.05) is 18.4 Å². The van der Waals surface area contributed by atoms with E-state index in [0.717, 1.165) is 5.69 Å². The molecule has 1 aromatic heterocycles. The highest BCUT2D eigenvalue weighted by molar-refractivity contribution is 7.25. The number of hydrogen-bond acceptors (Lipinski definition) is 3. The van der Waals surface area contributed by atoms with Gasteiger partial charge >= 0.3 is 0 Å². The lowest BCUT2D eigenvalue weighted by atomic mass is 10.1. The summed E-state index contributed by atoms with van der Waals surface area (Å²) in [5, 5.41) is 4.23. The molecule has 0 amide bonds. The second-order valence-electron chi connectivity index (χ2n) is 3.86. The molecule has 2 nitrogen and oxygen atoms in total. The van der Waals surface area contributed by atoms with Gasteiger partial charge in [-0.15, -0.1) is 11.3 Å². The van der Waals surface area contributed by atoms with Crippen LogP contribution in [0.25, 0.3) is 20.2 Å². The van der Waals surface area contributed by atoms with Gasteiger partial charge in [-0.1, -0.05) is 24.3 Å². The van der Waals surface area contributed by atoms with Crippen LogP contribution in [0.15, 0.2) is 42.5 Å². The Morgan fingerprint density at radius 1 is 1.00 bits per heavy atom. The van der Waals surface area contributed by atoms with Gasteiger partial charge in [0.2, 0.25) is 0 Å². The Hall–Kier alpha value is -1.58. The first-order chi connectivity index (χ1) is 7.77. The summed E-state index contributed by atoms with van der Waals surface area (Å²) in [6, 6.07) is 14.7. The Morgan fingerprint density at radius 2 is 1.75 bits per heavy atom. The number of nitrogens with two attached hydrogens (primary N) is 1. The van der Waals surface area contributed by atoms with Crippen molar-refractivity contribution in [3.8, 4) is 0 Å². The summed E-state index contributed by atoms with van der Waals surface area (Å²) in [4.78, 5) is 0. The van der Waals surface area contributed by atoms with E-state index in [9.17, 15) is 0 Å². The van der Waals surface area contributed by atoms with E-state index in [1.165, 1.54) is 20.2 Å². The maximum atomic E-state index is 5.87. The smallest absolute Gasteiger partial charge is 0.0607 e. The van der Waals surface area contributed by atoms with Gasteiger partial charge in [-0.2, -0.15) is 0 Å². The van der Waals surface area contributed by atoms with Crippen molar-refractivity contribution in [2.75, 3.05) is 12.1 Å². The van der Waals surface area contributed by atoms with E-state index in [-0.39, 0.29) is 0 Å². The van der Waals surface area contributed by atoms with Gasteiger partial charge in [-0.3, -0.25) is 0 Å². The van der Waals surface area contributed by atoms with Gasteiger partial charge < -0.3 is 5.01 Å². The van der Waals surface area contributed by atoms with E-state index >= 15 is 0 Å². The maximum absolute atomic E-state index is 5.87. The van der Waals surface area contributed by atoms with Crippen molar-refractivity contribution in [2.24, 2.45) is 5.84 Å². The molecule has 0 radical (unpaired) electrons. The number of benzene rings is 2. The van der Waals surface area contributed by atoms with Gasteiger partial charge in [0.05, 0.1) is 5.69 Å². The standard InChI is InChI=1S/C13H12N2S/c1-15(14)10-6-4-8-12-13(10)9-5-2-3-7-11(9)16-12/h2-8H,14H2,1H3. The van der Waals surface area contributed by atoms with Crippen molar-refractivity contribution >= 4 is 37.2 Å². The molecule has 0 aliphatic rings. The van der Waals surface area contributed by atoms with Gasteiger partial charge in [-0.05, 0) is 18.2 Å². The lowest BCUT2D eigenvalue weighted by molar-refractivity contribution is 1.03. The van der Waals surface area contributed by atoms with Crippen LogP contribution in [0.3, 0.4) is 0 Å². The van der Waals surface area contributed by atoms with Gasteiger partial charge in [0.25, 0.3) is 0 Å². The molecule has 3 heteroatoms. The molecule has 2 N–H and O–H groups in total. The molecule has 0 fully saturated rings. The Bertz CT molecular complexity index is 655. The number of hydrogen-bond donors (Lipinski definition) is 1. The van der Waals surface area contributed by atoms with Crippen LogP contribution >= 0.6 is 11.3 Å². The number of rotatable bonds is 1. The van der Waals surface area contributed by atoms with E-state index in [2.05, 4.69) is 42.5 Å². The van der Waals surface area contributed by atoms with E-state index in [4.69, 9.17) is 5.84 Å². The molecule has 80 valence electrons. The third-order valence-electron chi connectivity index (χ3n) is 2.76. The van der Waals surface area contributed by atoms with Gasteiger partial charge in [0.15, 0.2) is 0 Å². The average Bonchev–Trinajstić information content (AvgIpc) is 2.66. The van der Waals surface area contributed by atoms with Gasteiger partial charge in [-0.25, -0.2) is 5.84 Å². The van der Waals surface area contributed by atoms with E-state index in [0.29, 0.717) is 0 Å². The zero-order valence-corrected chi connectivity index (χ0v) is 9.79. The highest BCUT2D eigenvalue weighted by Crippen LogP contribution is 2.38. The average molecular weight is 228 g/mol. The minimum atomic E-state index is 1.08. The maximum Gasteiger partial charge on any atom is 0.0607 e.